The van der Waals surface area contributed by atoms with E-state index in [0.29, 0.717) is 11.1 Å². The third-order valence-corrected chi connectivity index (χ3v) is 3.01. The Labute approximate surface area is 94.5 Å². The Morgan fingerprint density at radius 3 is 2.40 bits per heavy atom. The summed E-state index contributed by atoms with van der Waals surface area (Å²) in [4.78, 5) is 0. The zero-order valence-electron chi connectivity index (χ0n) is 9.08. The number of aryl methyl sites for hydroxylation is 1. The first-order valence-electron chi connectivity index (χ1n) is 4.78. The summed E-state index contributed by atoms with van der Waals surface area (Å²) in [6, 6.07) is 1.17. The molecule has 0 radical (unpaired) electrons. The largest absolute Gasteiger partial charge is 0.506 e. The van der Waals surface area contributed by atoms with Crippen LogP contribution in [0.1, 0.15) is 29.7 Å². The Hall–Kier alpha value is -0.770. The number of hydrogen-bond donors (Lipinski definition) is 3. The SMILES string of the molecule is Cc1cc(O)c(Cl)c(C)c1C(O)C(C)N. The number of nitrogens with two attached hydrogens (primary N) is 1. The van der Waals surface area contributed by atoms with E-state index < -0.39 is 6.10 Å². The predicted molar refractivity (Wildman–Crippen MR) is 61.2 cm³/mol. The molecule has 0 aromatic heterocycles. The molecule has 0 amide bonds. The van der Waals surface area contributed by atoms with Crippen LogP contribution in [0.25, 0.3) is 0 Å². The Balaban J connectivity index is 3.36. The van der Waals surface area contributed by atoms with Crippen molar-refractivity contribution in [3.8, 4) is 5.75 Å². The minimum atomic E-state index is -0.761. The van der Waals surface area contributed by atoms with Crippen molar-refractivity contribution in [1.29, 1.82) is 0 Å². The monoisotopic (exact) mass is 229 g/mol. The highest BCUT2D eigenvalue weighted by Gasteiger charge is 2.20. The van der Waals surface area contributed by atoms with Gasteiger partial charge in [-0.1, -0.05) is 11.6 Å². The molecule has 2 unspecified atom stereocenters. The summed E-state index contributed by atoms with van der Waals surface area (Å²) in [6.07, 6.45) is -0.761. The van der Waals surface area contributed by atoms with Crippen molar-refractivity contribution in [1.82, 2.24) is 0 Å². The maximum atomic E-state index is 9.91. The van der Waals surface area contributed by atoms with E-state index in [4.69, 9.17) is 17.3 Å². The van der Waals surface area contributed by atoms with Crippen molar-refractivity contribution in [2.75, 3.05) is 0 Å². The van der Waals surface area contributed by atoms with Crippen LogP contribution in [0.5, 0.6) is 5.75 Å². The predicted octanol–water partition coefficient (Wildman–Crippen LogP) is 2.04. The molecular weight excluding hydrogens is 214 g/mol. The van der Waals surface area contributed by atoms with Crippen LogP contribution in [0.2, 0.25) is 5.02 Å². The second-order valence-corrected chi connectivity index (χ2v) is 4.25. The lowest BCUT2D eigenvalue weighted by Gasteiger charge is -2.21. The number of phenolic OH excluding ortho intramolecular Hbond substituents is 1. The molecule has 4 heteroatoms. The van der Waals surface area contributed by atoms with Gasteiger partial charge in [-0.2, -0.15) is 0 Å². The number of aliphatic hydroxyl groups excluding tert-OH is 1. The quantitative estimate of drug-likeness (QED) is 0.727. The Morgan fingerprint density at radius 2 is 1.93 bits per heavy atom. The van der Waals surface area contributed by atoms with Crippen LogP contribution < -0.4 is 5.73 Å². The van der Waals surface area contributed by atoms with Gasteiger partial charge in [0, 0.05) is 6.04 Å². The smallest absolute Gasteiger partial charge is 0.134 e. The highest BCUT2D eigenvalue weighted by molar-refractivity contribution is 6.32. The molecule has 0 spiro atoms. The Kier molecular flexibility index (Phi) is 3.60. The summed E-state index contributed by atoms with van der Waals surface area (Å²) in [5.41, 5.74) is 7.81. The summed E-state index contributed by atoms with van der Waals surface area (Å²) >= 11 is 5.90. The lowest BCUT2D eigenvalue weighted by atomic mass is 9.94. The fourth-order valence-electron chi connectivity index (χ4n) is 1.67. The molecule has 0 saturated heterocycles. The summed E-state index contributed by atoms with van der Waals surface area (Å²) in [7, 11) is 0. The number of aliphatic hydroxyl groups is 1. The molecule has 84 valence electrons. The van der Waals surface area contributed by atoms with E-state index in [-0.39, 0.29) is 16.8 Å². The minimum absolute atomic E-state index is 0.0345. The first-order valence-corrected chi connectivity index (χ1v) is 5.16. The first-order chi connectivity index (χ1) is 6.86. The van der Waals surface area contributed by atoms with Crippen molar-refractivity contribution in [3.63, 3.8) is 0 Å². The van der Waals surface area contributed by atoms with Crippen LogP contribution in [-0.4, -0.2) is 16.3 Å². The van der Waals surface area contributed by atoms with E-state index in [2.05, 4.69) is 0 Å². The van der Waals surface area contributed by atoms with E-state index in [9.17, 15) is 10.2 Å². The van der Waals surface area contributed by atoms with Gasteiger partial charge < -0.3 is 15.9 Å². The highest BCUT2D eigenvalue weighted by Crippen LogP contribution is 2.35. The summed E-state index contributed by atoms with van der Waals surface area (Å²) in [5, 5.41) is 19.7. The van der Waals surface area contributed by atoms with Crippen LogP contribution in [0.3, 0.4) is 0 Å². The number of benzene rings is 1. The fourth-order valence-corrected chi connectivity index (χ4v) is 1.83. The lowest BCUT2D eigenvalue weighted by Crippen LogP contribution is -2.25. The average molecular weight is 230 g/mol. The first kappa shape index (κ1) is 12.3. The molecule has 3 nitrogen and oxygen atoms in total. The van der Waals surface area contributed by atoms with Crippen molar-refractivity contribution in [3.05, 3.63) is 27.8 Å². The molecule has 0 aliphatic heterocycles. The second kappa shape index (κ2) is 4.39. The van der Waals surface area contributed by atoms with Crippen LogP contribution >= 0.6 is 11.6 Å². The van der Waals surface area contributed by atoms with Crippen LogP contribution in [0.15, 0.2) is 6.07 Å². The number of hydrogen-bond acceptors (Lipinski definition) is 3. The van der Waals surface area contributed by atoms with Crippen LogP contribution in [-0.2, 0) is 0 Å². The molecule has 0 aliphatic carbocycles. The second-order valence-electron chi connectivity index (χ2n) is 3.87. The van der Waals surface area contributed by atoms with Crippen molar-refractivity contribution in [2.24, 2.45) is 5.73 Å². The molecule has 1 aromatic carbocycles. The summed E-state index contributed by atoms with van der Waals surface area (Å²) < 4.78 is 0. The Bertz CT molecular complexity index is 377. The van der Waals surface area contributed by atoms with Gasteiger partial charge in [0.05, 0.1) is 11.1 Å². The maximum absolute atomic E-state index is 9.91. The fraction of sp³-hybridized carbons (Fsp3) is 0.455. The molecule has 0 bridgehead atoms. The number of phenols is 1. The molecule has 0 saturated carbocycles. The van der Waals surface area contributed by atoms with Crippen molar-refractivity contribution < 1.29 is 10.2 Å². The van der Waals surface area contributed by atoms with E-state index in [0.717, 1.165) is 5.56 Å². The molecule has 15 heavy (non-hydrogen) atoms. The average Bonchev–Trinajstić information content (AvgIpc) is 2.14. The van der Waals surface area contributed by atoms with Gasteiger partial charge in [0.15, 0.2) is 0 Å². The van der Waals surface area contributed by atoms with E-state index in [1.165, 1.54) is 6.07 Å². The van der Waals surface area contributed by atoms with Gasteiger partial charge in [0.2, 0.25) is 0 Å². The zero-order chi connectivity index (χ0) is 11.7. The summed E-state index contributed by atoms with van der Waals surface area (Å²) in [5.74, 6) is 0.0345. The van der Waals surface area contributed by atoms with E-state index in [1.54, 1.807) is 13.8 Å². The minimum Gasteiger partial charge on any atom is -0.506 e. The molecule has 0 heterocycles. The Morgan fingerprint density at radius 1 is 1.40 bits per heavy atom. The van der Waals surface area contributed by atoms with Gasteiger partial charge in [-0.3, -0.25) is 0 Å². The molecular formula is C11H16ClNO2. The highest BCUT2D eigenvalue weighted by atomic mass is 35.5. The topological polar surface area (TPSA) is 66.5 Å². The third-order valence-electron chi connectivity index (χ3n) is 2.53. The molecule has 2 atom stereocenters. The van der Waals surface area contributed by atoms with Crippen molar-refractivity contribution >= 4 is 11.6 Å². The third kappa shape index (κ3) is 2.25. The van der Waals surface area contributed by atoms with Gasteiger partial charge in [-0.25, -0.2) is 0 Å². The van der Waals surface area contributed by atoms with Crippen molar-refractivity contribution in [2.45, 2.75) is 32.9 Å². The van der Waals surface area contributed by atoms with Gasteiger partial charge >= 0.3 is 0 Å². The zero-order valence-corrected chi connectivity index (χ0v) is 9.84. The number of halogens is 1. The standard InChI is InChI=1S/C11H16ClNO2/c1-5-4-8(14)10(12)6(2)9(5)11(15)7(3)13/h4,7,11,14-15H,13H2,1-3H3. The molecule has 1 rings (SSSR count). The normalized spacial score (nSPS) is 15.1. The van der Waals surface area contributed by atoms with Gasteiger partial charge in [-0.05, 0) is 43.5 Å². The lowest BCUT2D eigenvalue weighted by molar-refractivity contribution is 0.152. The van der Waals surface area contributed by atoms with Crippen LogP contribution in [0.4, 0.5) is 0 Å². The molecule has 1 aromatic rings. The molecule has 0 fully saturated rings. The summed E-state index contributed by atoms with van der Waals surface area (Å²) in [6.45, 7) is 5.30. The van der Waals surface area contributed by atoms with E-state index in [1.807, 2.05) is 6.92 Å². The van der Waals surface area contributed by atoms with Gasteiger partial charge in [0.25, 0.3) is 0 Å². The molecule has 0 aliphatic rings. The molecule has 4 N–H and O–H groups in total. The number of rotatable bonds is 2. The van der Waals surface area contributed by atoms with Gasteiger partial charge in [-0.15, -0.1) is 0 Å². The number of aromatic hydroxyl groups is 1. The van der Waals surface area contributed by atoms with E-state index >= 15 is 0 Å². The van der Waals surface area contributed by atoms with Gasteiger partial charge in [0.1, 0.15) is 5.75 Å². The van der Waals surface area contributed by atoms with Crippen LogP contribution in [0, 0.1) is 13.8 Å². The maximum Gasteiger partial charge on any atom is 0.134 e.